The van der Waals surface area contributed by atoms with Crippen molar-refractivity contribution in [1.82, 2.24) is 9.88 Å². The van der Waals surface area contributed by atoms with E-state index in [-0.39, 0.29) is 36.7 Å². The first-order valence-electron chi connectivity index (χ1n) is 8.76. The minimum atomic E-state index is -0.412. The third-order valence-corrected chi connectivity index (χ3v) is 5.68. The summed E-state index contributed by atoms with van der Waals surface area (Å²) >= 11 is 1.47. The highest BCUT2D eigenvalue weighted by molar-refractivity contribution is 8.00. The Hall–Kier alpha value is -2.48. The molecular weight excluding hydrogens is 368 g/mol. The number of carbonyl (C=O) groups excluding carboxylic acids is 3. The molecule has 1 amide bonds. The van der Waals surface area contributed by atoms with Crippen molar-refractivity contribution < 1.29 is 23.9 Å². The fourth-order valence-corrected chi connectivity index (χ4v) is 4.16. The number of para-hydroxylation sites is 1. The molecule has 8 heteroatoms. The number of ether oxygens (including phenoxy) is 2. The van der Waals surface area contributed by atoms with E-state index in [0.717, 1.165) is 16.5 Å². The SMILES string of the molecule is COC(=O)[C@@H]1CN(C(=O)COC(=O)CCc2c[nH]c3ccccc23)CCS1. The summed E-state index contributed by atoms with van der Waals surface area (Å²) in [5.74, 6) is -0.387. The molecule has 1 aliphatic rings. The molecule has 1 aromatic heterocycles. The number of methoxy groups -OCH3 is 1. The molecule has 7 nitrogen and oxygen atoms in total. The second kappa shape index (κ2) is 8.94. The molecule has 0 bridgehead atoms. The van der Waals surface area contributed by atoms with Crippen LogP contribution in [0, 0.1) is 0 Å². The van der Waals surface area contributed by atoms with Crippen molar-refractivity contribution in [1.29, 1.82) is 0 Å². The van der Waals surface area contributed by atoms with E-state index in [0.29, 0.717) is 18.7 Å². The molecule has 1 N–H and O–H groups in total. The lowest BCUT2D eigenvalue weighted by Gasteiger charge is -2.30. The highest BCUT2D eigenvalue weighted by Crippen LogP contribution is 2.20. The predicted octanol–water partition coefficient (Wildman–Crippen LogP) is 1.76. The number of hydrogen-bond acceptors (Lipinski definition) is 6. The first kappa shape index (κ1) is 19.3. The number of benzene rings is 1. The summed E-state index contributed by atoms with van der Waals surface area (Å²) in [7, 11) is 1.33. The van der Waals surface area contributed by atoms with E-state index in [1.807, 2.05) is 30.5 Å². The van der Waals surface area contributed by atoms with Gasteiger partial charge in [0, 0.05) is 42.4 Å². The Morgan fingerprint density at radius 2 is 2.11 bits per heavy atom. The number of hydrogen-bond donors (Lipinski definition) is 1. The Labute approximate surface area is 161 Å². The van der Waals surface area contributed by atoms with Gasteiger partial charge in [-0.05, 0) is 18.1 Å². The lowest BCUT2D eigenvalue weighted by atomic mass is 10.1. The zero-order valence-electron chi connectivity index (χ0n) is 15.1. The van der Waals surface area contributed by atoms with E-state index >= 15 is 0 Å². The van der Waals surface area contributed by atoms with Crippen molar-refractivity contribution in [2.24, 2.45) is 0 Å². The number of carbonyl (C=O) groups is 3. The van der Waals surface area contributed by atoms with Gasteiger partial charge in [0.05, 0.1) is 7.11 Å². The van der Waals surface area contributed by atoms with Gasteiger partial charge in [-0.2, -0.15) is 0 Å². The summed E-state index contributed by atoms with van der Waals surface area (Å²) < 4.78 is 9.85. The van der Waals surface area contributed by atoms with Gasteiger partial charge in [-0.1, -0.05) is 18.2 Å². The molecule has 0 aliphatic carbocycles. The van der Waals surface area contributed by atoms with Crippen LogP contribution in [0.3, 0.4) is 0 Å². The maximum absolute atomic E-state index is 12.2. The first-order valence-corrected chi connectivity index (χ1v) is 9.81. The monoisotopic (exact) mass is 390 g/mol. The van der Waals surface area contributed by atoms with Gasteiger partial charge in [0.2, 0.25) is 0 Å². The second-order valence-corrected chi connectivity index (χ2v) is 7.55. The van der Waals surface area contributed by atoms with Gasteiger partial charge in [0.1, 0.15) is 5.25 Å². The van der Waals surface area contributed by atoms with Gasteiger partial charge in [-0.15, -0.1) is 11.8 Å². The largest absolute Gasteiger partial charge is 0.468 e. The van der Waals surface area contributed by atoms with E-state index in [4.69, 9.17) is 9.47 Å². The Balaban J connectivity index is 1.44. The van der Waals surface area contributed by atoms with Crippen LogP contribution in [0.4, 0.5) is 0 Å². The average Bonchev–Trinajstić information content (AvgIpc) is 3.13. The number of nitrogens with one attached hydrogen (secondary N) is 1. The van der Waals surface area contributed by atoms with Crippen LogP contribution in [0.5, 0.6) is 0 Å². The summed E-state index contributed by atoms with van der Waals surface area (Å²) in [4.78, 5) is 40.6. The molecule has 0 unspecified atom stereocenters. The number of esters is 2. The molecule has 0 spiro atoms. The molecule has 1 saturated heterocycles. The minimum Gasteiger partial charge on any atom is -0.468 e. The lowest BCUT2D eigenvalue weighted by Crippen LogP contribution is -2.46. The Morgan fingerprint density at radius 1 is 1.30 bits per heavy atom. The van der Waals surface area contributed by atoms with Crippen LogP contribution in [-0.2, 0) is 30.3 Å². The van der Waals surface area contributed by atoms with Crippen LogP contribution in [0.15, 0.2) is 30.5 Å². The van der Waals surface area contributed by atoms with Gasteiger partial charge >= 0.3 is 11.9 Å². The Bertz CT molecular complexity index is 834. The van der Waals surface area contributed by atoms with E-state index in [1.165, 1.54) is 18.9 Å². The van der Waals surface area contributed by atoms with Gasteiger partial charge in [0.25, 0.3) is 5.91 Å². The normalized spacial score (nSPS) is 16.9. The van der Waals surface area contributed by atoms with Crippen molar-refractivity contribution in [2.45, 2.75) is 18.1 Å². The van der Waals surface area contributed by atoms with E-state index in [9.17, 15) is 14.4 Å². The Kier molecular flexibility index (Phi) is 6.39. The molecule has 1 fully saturated rings. The molecule has 2 heterocycles. The zero-order chi connectivity index (χ0) is 19.2. The van der Waals surface area contributed by atoms with Gasteiger partial charge in [0.15, 0.2) is 6.61 Å². The molecule has 27 heavy (non-hydrogen) atoms. The highest BCUT2D eigenvalue weighted by Gasteiger charge is 2.29. The number of nitrogens with zero attached hydrogens (tertiary/aromatic N) is 1. The molecule has 1 aliphatic heterocycles. The van der Waals surface area contributed by atoms with Crippen LogP contribution in [0.2, 0.25) is 0 Å². The van der Waals surface area contributed by atoms with E-state index < -0.39 is 5.97 Å². The number of H-pyrrole nitrogens is 1. The summed E-state index contributed by atoms with van der Waals surface area (Å²) in [5, 5.41) is 0.700. The third kappa shape index (κ3) is 4.82. The second-order valence-electron chi connectivity index (χ2n) is 6.24. The summed E-state index contributed by atoms with van der Waals surface area (Å²) in [5.41, 5.74) is 2.07. The molecule has 1 atom stereocenters. The maximum atomic E-state index is 12.2. The van der Waals surface area contributed by atoms with Crippen LogP contribution in [0.25, 0.3) is 10.9 Å². The standard InChI is InChI=1S/C19H22N2O5S/c1-25-19(24)16-11-21(8-9-27-16)17(22)12-26-18(23)7-6-13-10-20-15-5-3-2-4-14(13)15/h2-5,10,16,20H,6-9,11-12H2,1H3/t16-/m0/s1. The topological polar surface area (TPSA) is 88.7 Å². The van der Waals surface area contributed by atoms with Gasteiger partial charge in [-0.25, -0.2) is 0 Å². The molecule has 1 aromatic carbocycles. The third-order valence-electron chi connectivity index (χ3n) is 4.51. The van der Waals surface area contributed by atoms with E-state index in [1.54, 1.807) is 4.90 Å². The molecule has 3 rings (SSSR count). The van der Waals surface area contributed by atoms with Crippen LogP contribution in [-0.4, -0.2) is 65.5 Å². The maximum Gasteiger partial charge on any atom is 0.320 e. The lowest BCUT2D eigenvalue weighted by molar-refractivity contribution is -0.152. The van der Waals surface area contributed by atoms with Crippen molar-refractivity contribution in [3.63, 3.8) is 0 Å². The number of amides is 1. The highest BCUT2D eigenvalue weighted by atomic mass is 32.2. The molecule has 144 valence electrons. The van der Waals surface area contributed by atoms with Crippen molar-refractivity contribution in [3.8, 4) is 0 Å². The van der Waals surface area contributed by atoms with Crippen molar-refractivity contribution in [2.75, 3.05) is 32.6 Å². The van der Waals surface area contributed by atoms with Crippen LogP contribution in [0.1, 0.15) is 12.0 Å². The Morgan fingerprint density at radius 3 is 2.93 bits per heavy atom. The fourth-order valence-electron chi connectivity index (χ4n) is 3.03. The molecule has 0 radical (unpaired) electrons. The smallest absolute Gasteiger partial charge is 0.320 e. The van der Waals surface area contributed by atoms with Crippen LogP contribution < -0.4 is 0 Å². The molecular formula is C19H22N2O5S. The van der Waals surface area contributed by atoms with Crippen molar-refractivity contribution in [3.05, 3.63) is 36.0 Å². The van der Waals surface area contributed by atoms with Crippen molar-refractivity contribution >= 4 is 40.5 Å². The van der Waals surface area contributed by atoms with Gasteiger partial charge < -0.3 is 19.4 Å². The number of aromatic nitrogens is 1. The number of fused-ring (bicyclic) bond motifs is 1. The number of thioether (sulfide) groups is 1. The first-order chi connectivity index (χ1) is 13.1. The molecule has 2 aromatic rings. The number of aromatic amines is 1. The molecule has 0 saturated carbocycles. The summed E-state index contributed by atoms with van der Waals surface area (Å²) in [6.07, 6.45) is 2.64. The van der Waals surface area contributed by atoms with Gasteiger partial charge in [-0.3, -0.25) is 14.4 Å². The summed E-state index contributed by atoms with van der Waals surface area (Å²) in [6, 6.07) is 7.89. The number of rotatable bonds is 6. The zero-order valence-corrected chi connectivity index (χ0v) is 15.9. The average molecular weight is 390 g/mol. The fraction of sp³-hybridized carbons (Fsp3) is 0.421. The van der Waals surface area contributed by atoms with E-state index in [2.05, 4.69) is 4.98 Å². The minimum absolute atomic E-state index is 0.204. The quantitative estimate of drug-likeness (QED) is 0.756. The summed E-state index contributed by atoms with van der Waals surface area (Å²) in [6.45, 7) is 0.512. The van der Waals surface area contributed by atoms with Crippen LogP contribution >= 0.6 is 11.8 Å². The number of aryl methyl sites for hydroxylation is 1. The predicted molar refractivity (Wildman–Crippen MR) is 102 cm³/mol.